The maximum absolute atomic E-state index is 5.11. The summed E-state index contributed by atoms with van der Waals surface area (Å²) in [6, 6.07) is 35.1. The minimum atomic E-state index is 0.823. The number of benzene rings is 3. The summed E-state index contributed by atoms with van der Waals surface area (Å²) < 4.78 is 4.28. The molecule has 41 heavy (non-hydrogen) atoms. The molecule has 7 aromatic rings. The third-order valence-corrected chi connectivity index (χ3v) is 7.42. The van der Waals surface area contributed by atoms with Crippen LogP contribution in [0.2, 0.25) is 0 Å². The van der Waals surface area contributed by atoms with Crippen molar-refractivity contribution in [2.45, 2.75) is 13.8 Å². The molecule has 0 aliphatic carbocycles. The van der Waals surface area contributed by atoms with Crippen LogP contribution in [0.5, 0.6) is 0 Å². The number of hydrogen-bond acceptors (Lipinski definition) is 5. The minimum Gasteiger partial charge on any atom is -0.372 e. The lowest BCUT2D eigenvalue weighted by atomic mass is 10.1. The first-order valence-electron chi connectivity index (χ1n) is 13.9. The molecule has 0 N–H and O–H groups in total. The van der Waals surface area contributed by atoms with Crippen molar-refractivity contribution in [1.29, 1.82) is 0 Å². The van der Waals surface area contributed by atoms with Gasteiger partial charge >= 0.3 is 0 Å². The normalized spacial score (nSPS) is 11.4. The summed E-state index contributed by atoms with van der Waals surface area (Å²) in [6.45, 7) is 6.13. The molecule has 0 saturated heterocycles. The van der Waals surface area contributed by atoms with Crippen molar-refractivity contribution in [2.75, 3.05) is 18.0 Å². The first kappa shape index (κ1) is 24.7. The van der Waals surface area contributed by atoms with Gasteiger partial charge in [0.05, 0.1) is 0 Å². The molecule has 0 saturated carbocycles. The van der Waals surface area contributed by atoms with E-state index in [4.69, 9.17) is 19.9 Å². The van der Waals surface area contributed by atoms with Crippen LogP contribution in [-0.2, 0) is 0 Å². The maximum atomic E-state index is 5.11. The Labute approximate surface area is 238 Å². The average Bonchev–Trinajstić information content (AvgIpc) is 3.62. The highest BCUT2D eigenvalue weighted by Crippen LogP contribution is 2.36. The van der Waals surface area contributed by atoms with Gasteiger partial charge in [-0.25, -0.2) is 19.9 Å². The first-order chi connectivity index (χ1) is 20.2. The van der Waals surface area contributed by atoms with E-state index in [0.717, 1.165) is 75.3 Å². The van der Waals surface area contributed by atoms with Crippen molar-refractivity contribution < 1.29 is 0 Å². The second-order valence-corrected chi connectivity index (χ2v) is 9.85. The van der Waals surface area contributed by atoms with Gasteiger partial charge in [-0.1, -0.05) is 36.4 Å². The summed E-state index contributed by atoms with van der Waals surface area (Å²) >= 11 is 0. The molecule has 0 aliphatic rings. The fourth-order valence-electron chi connectivity index (χ4n) is 5.50. The molecule has 200 valence electrons. The quantitative estimate of drug-likeness (QED) is 0.214. The highest BCUT2D eigenvalue weighted by molar-refractivity contribution is 5.85. The Morgan fingerprint density at radius 2 is 1.02 bits per heavy atom. The van der Waals surface area contributed by atoms with Gasteiger partial charge in [0.1, 0.15) is 22.7 Å². The van der Waals surface area contributed by atoms with Crippen molar-refractivity contribution in [3.63, 3.8) is 0 Å². The molecule has 4 aromatic heterocycles. The Bertz CT molecular complexity index is 1830. The lowest BCUT2D eigenvalue weighted by Crippen LogP contribution is -2.22. The van der Waals surface area contributed by atoms with Gasteiger partial charge in [-0.3, -0.25) is 9.13 Å². The van der Waals surface area contributed by atoms with Crippen LogP contribution in [0, 0.1) is 0 Å². The van der Waals surface area contributed by atoms with E-state index in [1.807, 2.05) is 73.1 Å². The van der Waals surface area contributed by atoms with Crippen LogP contribution in [0.3, 0.4) is 0 Å². The lowest BCUT2D eigenvalue weighted by Gasteiger charge is -2.23. The molecule has 7 nitrogen and oxygen atoms in total. The van der Waals surface area contributed by atoms with Crippen molar-refractivity contribution in [1.82, 2.24) is 29.1 Å². The summed E-state index contributed by atoms with van der Waals surface area (Å²) in [4.78, 5) is 22.0. The second kappa shape index (κ2) is 10.4. The van der Waals surface area contributed by atoms with Crippen molar-refractivity contribution in [2.24, 2.45) is 0 Å². The SMILES string of the molecule is CCN(CC)c1cc(-c2nc3cccnc3n2-c2ccccc2)cc(-c2nc3cccnc3n2-c2ccccc2)c1. The van der Waals surface area contributed by atoms with Crippen LogP contribution in [0.25, 0.3) is 56.5 Å². The van der Waals surface area contributed by atoms with Gasteiger partial charge in [-0.15, -0.1) is 0 Å². The van der Waals surface area contributed by atoms with E-state index < -0.39 is 0 Å². The molecule has 4 heterocycles. The summed E-state index contributed by atoms with van der Waals surface area (Å²) in [5.74, 6) is 1.67. The molecule has 0 aliphatic heterocycles. The number of anilines is 1. The van der Waals surface area contributed by atoms with Crippen LogP contribution >= 0.6 is 0 Å². The molecular weight excluding hydrogens is 506 g/mol. The zero-order valence-electron chi connectivity index (χ0n) is 23.0. The van der Waals surface area contributed by atoms with E-state index >= 15 is 0 Å². The zero-order valence-corrected chi connectivity index (χ0v) is 23.0. The zero-order chi connectivity index (χ0) is 27.8. The van der Waals surface area contributed by atoms with Gasteiger partial charge < -0.3 is 4.90 Å². The first-order valence-corrected chi connectivity index (χ1v) is 13.9. The Balaban J connectivity index is 1.53. The molecule has 0 unspecified atom stereocenters. The van der Waals surface area contributed by atoms with E-state index in [1.54, 1.807) is 0 Å². The van der Waals surface area contributed by atoms with Gasteiger partial charge in [-0.05, 0) is 80.6 Å². The molecule has 0 atom stereocenters. The molecule has 7 rings (SSSR count). The number of hydrogen-bond donors (Lipinski definition) is 0. The number of rotatable bonds is 7. The van der Waals surface area contributed by atoms with E-state index in [0.29, 0.717) is 0 Å². The van der Waals surface area contributed by atoms with Gasteiger partial charge in [0.25, 0.3) is 0 Å². The summed E-state index contributed by atoms with van der Waals surface area (Å²) in [5.41, 5.74) is 8.47. The van der Waals surface area contributed by atoms with Gasteiger partial charge in [0.15, 0.2) is 11.3 Å². The van der Waals surface area contributed by atoms with Crippen molar-refractivity contribution in [3.8, 4) is 34.2 Å². The number of pyridine rings is 2. The summed E-state index contributed by atoms with van der Waals surface area (Å²) in [6.07, 6.45) is 3.64. The molecular formula is C34H29N7. The number of fused-ring (bicyclic) bond motifs is 2. The Kier molecular flexibility index (Phi) is 6.24. The standard InChI is InChI=1S/C34H29N7/c1-3-39(4-2)28-22-24(31-37-29-17-11-19-35-33(29)40(31)26-13-7-5-8-14-26)21-25(23-28)32-38-30-18-12-20-36-34(30)41(32)27-15-9-6-10-16-27/h5-23H,3-4H2,1-2H3. The van der Waals surface area contributed by atoms with Crippen LogP contribution in [0.4, 0.5) is 5.69 Å². The topological polar surface area (TPSA) is 64.7 Å². The Hall–Kier alpha value is -5.30. The van der Waals surface area contributed by atoms with Crippen LogP contribution < -0.4 is 4.90 Å². The van der Waals surface area contributed by atoms with E-state index in [9.17, 15) is 0 Å². The van der Waals surface area contributed by atoms with Crippen LogP contribution in [-0.4, -0.2) is 42.2 Å². The highest BCUT2D eigenvalue weighted by atomic mass is 15.2. The fourth-order valence-corrected chi connectivity index (χ4v) is 5.50. The van der Waals surface area contributed by atoms with E-state index in [1.165, 1.54) is 0 Å². The average molecular weight is 536 g/mol. The van der Waals surface area contributed by atoms with Gasteiger partial charge in [0.2, 0.25) is 0 Å². The lowest BCUT2D eigenvalue weighted by molar-refractivity contribution is 0.866. The second-order valence-electron chi connectivity index (χ2n) is 9.85. The number of aromatic nitrogens is 6. The van der Waals surface area contributed by atoms with Gasteiger partial charge in [0, 0.05) is 53.7 Å². The molecule has 7 heteroatoms. The largest absolute Gasteiger partial charge is 0.372 e. The van der Waals surface area contributed by atoms with E-state index in [2.05, 4.69) is 70.3 Å². The third-order valence-electron chi connectivity index (χ3n) is 7.42. The van der Waals surface area contributed by atoms with E-state index in [-0.39, 0.29) is 0 Å². The van der Waals surface area contributed by atoms with Crippen LogP contribution in [0.15, 0.2) is 116 Å². The van der Waals surface area contributed by atoms with Gasteiger partial charge in [-0.2, -0.15) is 0 Å². The third kappa shape index (κ3) is 4.32. The number of nitrogens with zero attached hydrogens (tertiary/aromatic N) is 7. The monoisotopic (exact) mass is 535 g/mol. The number of imidazole rings is 2. The highest BCUT2D eigenvalue weighted by Gasteiger charge is 2.21. The molecule has 0 fully saturated rings. The predicted octanol–water partition coefficient (Wildman–Crippen LogP) is 7.33. The molecule has 0 radical (unpaired) electrons. The number of para-hydroxylation sites is 2. The Morgan fingerprint density at radius 1 is 0.561 bits per heavy atom. The summed E-state index contributed by atoms with van der Waals surface area (Å²) in [5, 5.41) is 0. The van der Waals surface area contributed by atoms with Crippen molar-refractivity contribution >= 4 is 28.0 Å². The minimum absolute atomic E-state index is 0.823. The van der Waals surface area contributed by atoms with Crippen LogP contribution in [0.1, 0.15) is 13.8 Å². The fraction of sp³-hybridized carbons (Fsp3) is 0.118. The molecule has 0 bridgehead atoms. The van der Waals surface area contributed by atoms with Crippen molar-refractivity contribution in [3.05, 3.63) is 116 Å². The molecule has 3 aromatic carbocycles. The summed E-state index contributed by atoms with van der Waals surface area (Å²) in [7, 11) is 0. The maximum Gasteiger partial charge on any atom is 0.164 e. The molecule has 0 spiro atoms. The predicted molar refractivity (Wildman–Crippen MR) is 166 cm³/mol. The Morgan fingerprint density at radius 3 is 1.46 bits per heavy atom. The molecule has 0 amide bonds. The smallest absolute Gasteiger partial charge is 0.164 e.